The number of nitriles is 1. The fraction of sp³-hybridized carbons (Fsp3) is 0.346. The standard InChI is InChI=1S/C26H25N3O4S/c1-16-12-20(16)22-10-9-18(33-22)13-23-25(31)29(15-19-8-5-11-32-19)26(34-23)21(14-27)24(30)28-17-6-3-2-4-7-17/h2-4,6-7,9-10,13,16,19-20H,5,8,11-12,15H2,1H3,(H,28,30). The highest BCUT2D eigenvalue weighted by Crippen LogP contribution is 2.47. The van der Waals surface area contributed by atoms with Gasteiger partial charge in [-0.25, -0.2) is 0 Å². The summed E-state index contributed by atoms with van der Waals surface area (Å²) in [7, 11) is 0. The number of hydrogen-bond donors (Lipinski definition) is 1. The van der Waals surface area contributed by atoms with Crippen molar-refractivity contribution in [3.8, 4) is 6.07 Å². The second-order valence-corrected chi connectivity index (χ2v) is 9.86. The molecule has 5 rings (SSSR count). The Labute approximate surface area is 200 Å². The van der Waals surface area contributed by atoms with Crippen molar-refractivity contribution in [3.05, 3.63) is 73.5 Å². The van der Waals surface area contributed by atoms with Crippen LogP contribution in [0.3, 0.4) is 0 Å². The summed E-state index contributed by atoms with van der Waals surface area (Å²) in [6.45, 7) is 3.13. The van der Waals surface area contributed by atoms with Crippen molar-refractivity contribution in [2.75, 3.05) is 11.9 Å². The van der Waals surface area contributed by atoms with E-state index in [-0.39, 0.29) is 17.2 Å². The van der Waals surface area contributed by atoms with Crippen molar-refractivity contribution in [2.24, 2.45) is 5.92 Å². The first-order valence-corrected chi connectivity index (χ1v) is 12.3. The maximum absolute atomic E-state index is 13.4. The molecular weight excluding hydrogens is 450 g/mol. The van der Waals surface area contributed by atoms with Gasteiger partial charge in [-0.15, -0.1) is 11.3 Å². The number of hydrogen-bond acceptors (Lipinski definition) is 6. The van der Waals surface area contributed by atoms with Crippen molar-refractivity contribution >= 4 is 34.6 Å². The smallest absolute Gasteiger partial charge is 0.269 e. The lowest BCUT2D eigenvalue weighted by molar-refractivity contribution is -0.111. The Balaban J connectivity index is 1.58. The van der Waals surface area contributed by atoms with E-state index in [0.29, 0.717) is 45.6 Å². The minimum absolute atomic E-state index is 0.101. The lowest BCUT2D eigenvalue weighted by Crippen LogP contribution is -2.36. The maximum Gasteiger partial charge on any atom is 0.269 e. The quantitative estimate of drug-likeness (QED) is 0.591. The fourth-order valence-electron chi connectivity index (χ4n) is 4.27. The van der Waals surface area contributed by atoms with Gasteiger partial charge in [-0.1, -0.05) is 25.1 Å². The second kappa shape index (κ2) is 9.45. The van der Waals surface area contributed by atoms with E-state index in [1.54, 1.807) is 30.3 Å². The summed E-state index contributed by atoms with van der Waals surface area (Å²) in [5, 5.41) is 12.6. The van der Waals surface area contributed by atoms with Gasteiger partial charge in [-0.2, -0.15) is 5.26 Å². The molecule has 2 fully saturated rings. The van der Waals surface area contributed by atoms with Gasteiger partial charge in [0.25, 0.3) is 11.5 Å². The highest BCUT2D eigenvalue weighted by Gasteiger charge is 2.36. The molecule has 1 aliphatic carbocycles. The van der Waals surface area contributed by atoms with Crippen LogP contribution in [0.15, 0.2) is 51.7 Å². The number of ether oxygens (including phenoxy) is 1. The Morgan fingerprint density at radius 2 is 2.09 bits per heavy atom. The van der Waals surface area contributed by atoms with E-state index >= 15 is 0 Å². The third kappa shape index (κ3) is 4.63. The topological polar surface area (TPSA) is 97.3 Å². The molecule has 1 aliphatic heterocycles. The van der Waals surface area contributed by atoms with Crippen LogP contribution in [0.4, 0.5) is 5.69 Å². The molecule has 174 valence electrons. The third-order valence-corrected chi connectivity index (χ3v) is 7.43. The molecule has 34 heavy (non-hydrogen) atoms. The molecule has 1 amide bonds. The van der Waals surface area contributed by atoms with Crippen LogP contribution in [0, 0.1) is 17.2 Å². The average molecular weight is 476 g/mol. The second-order valence-electron chi connectivity index (χ2n) is 8.83. The van der Waals surface area contributed by atoms with E-state index < -0.39 is 5.91 Å². The Bertz CT molecular complexity index is 1420. The van der Waals surface area contributed by atoms with Crippen LogP contribution < -0.4 is 20.1 Å². The molecule has 1 saturated carbocycles. The first kappa shape index (κ1) is 22.4. The van der Waals surface area contributed by atoms with Gasteiger partial charge in [-0.05, 0) is 49.4 Å². The van der Waals surface area contributed by atoms with E-state index in [0.717, 1.165) is 36.4 Å². The van der Waals surface area contributed by atoms with Gasteiger partial charge in [0.05, 0.1) is 17.2 Å². The third-order valence-electron chi connectivity index (χ3n) is 6.30. The number of thiazole rings is 1. The largest absolute Gasteiger partial charge is 0.461 e. The molecule has 7 nitrogen and oxygen atoms in total. The number of para-hydroxylation sites is 1. The van der Waals surface area contributed by atoms with E-state index in [9.17, 15) is 14.9 Å². The van der Waals surface area contributed by atoms with Crippen LogP contribution in [-0.2, 0) is 16.1 Å². The van der Waals surface area contributed by atoms with E-state index in [2.05, 4.69) is 12.2 Å². The highest BCUT2D eigenvalue weighted by molar-refractivity contribution is 7.07. The monoisotopic (exact) mass is 475 g/mol. The molecule has 3 heterocycles. The number of anilines is 1. The summed E-state index contributed by atoms with van der Waals surface area (Å²) in [6.07, 6.45) is 4.45. The number of nitrogens with one attached hydrogen (secondary N) is 1. The molecule has 8 heteroatoms. The molecule has 1 aromatic carbocycles. The minimum Gasteiger partial charge on any atom is -0.461 e. The fourth-order valence-corrected chi connectivity index (χ4v) is 5.36. The van der Waals surface area contributed by atoms with Crippen LogP contribution >= 0.6 is 11.3 Å². The van der Waals surface area contributed by atoms with E-state index in [4.69, 9.17) is 9.15 Å². The summed E-state index contributed by atoms with van der Waals surface area (Å²) in [4.78, 5) is 26.4. The van der Waals surface area contributed by atoms with Crippen molar-refractivity contribution in [1.82, 2.24) is 4.57 Å². The Hall–Kier alpha value is -3.41. The number of nitrogens with zero attached hydrogens (tertiary/aromatic N) is 2. The number of furan rings is 1. The molecule has 2 aromatic heterocycles. The number of amides is 1. The van der Waals surface area contributed by atoms with Gasteiger partial charge in [0.2, 0.25) is 0 Å². The van der Waals surface area contributed by atoms with Crippen LogP contribution in [-0.4, -0.2) is 23.2 Å². The van der Waals surface area contributed by atoms with Gasteiger partial charge in [-0.3, -0.25) is 14.2 Å². The van der Waals surface area contributed by atoms with Crippen molar-refractivity contribution in [1.29, 1.82) is 5.26 Å². The first-order valence-electron chi connectivity index (χ1n) is 11.5. The summed E-state index contributed by atoms with van der Waals surface area (Å²) in [5.41, 5.74) is 0.220. The zero-order valence-corrected chi connectivity index (χ0v) is 19.6. The van der Waals surface area contributed by atoms with Crippen LogP contribution in [0.2, 0.25) is 0 Å². The summed E-state index contributed by atoms with van der Waals surface area (Å²) >= 11 is 1.13. The number of benzene rings is 1. The first-order chi connectivity index (χ1) is 16.5. The van der Waals surface area contributed by atoms with Gasteiger partial charge in [0.15, 0.2) is 5.57 Å². The minimum atomic E-state index is -0.550. The van der Waals surface area contributed by atoms with Crippen LogP contribution in [0.5, 0.6) is 0 Å². The average Bonchev–Trinajstić information content (AvgIpc) is 3.21. The maximum atomic E-state index is 13.4. The number of rotatable bonds is 6. The Morgan fingerprint density at radius 3 is 2.76 bits per heavy atom. The van der Waals surface area contributed by atoms with Crippen molar-refractivity contribution in [3.63, 3.8) is 0 Å². The Morgan fingerprint density at radius 1 is 1.29 bits per heavy atom. The molecular formula is C26H25N3O4S. The zero-order chi connectivity index (χ0) is 23.7. The molecule has 3 atom stereocenters. The number of carbonyl (C=O) groups is 1. The van der Waals surface area contributed by atoms with E-state index in [1.807, 2.05) is 24.3 Å². The molecule has 0 spiro atoms. The summed E-state index contributed by atoms with van der Waals surface area (Å²) in [5.74, 6) is 2.03. The summed E-state index contributed by atoms with van der Waals surface area (Å²) in [6, 6.07) is 14.8. The Kier molecular flexibility index (Phi) is 6.22. The molecule has 0 radical (unpaired) electrons. The molecule has 3 aromatic rings. The van der Waals surface area contributed by atoms with Crippen LogP contribution in [0.25, 0.3) is 11.6 Å². The summed E-state index contributed by atoms with van der Waals surface area (Å²) < 4.78 is 13.9. The molecule has 2 aliphatic rings. The lowest BCUT2D eigenvalue weighted by Gasteiger charge is -2.10. The number of aromatic nitrogens is 1. The van der Waals surface area contributed by atoms with Gasteiger partial charge < -0.3 is 14.5 Å². The lowest BCUT2D eigenvalue weighted by atomic mass is 10.2. The molecule has 3 unspecified atom stereocenters. The SMILES string of the molecule is CC1CC1c1ccc(C=c2sc(=C(C#N)C(=O)Nc3ccccc3)n(CC3CCCO3)c2=O)o1. The van der Waals surface area contributed by atoms with Crippen molar-refractivity contribution in [2.45, 2.75) is 44.8 Å². The predicted molar refractivity (Wildman–Crippen MR) is 130 cm³/mol. The van der Waals surface area contributed by atoms with Gasteiger partial charge >= 0.3 is 0 Å². The molecule has 0 bridgehead atoms. The highest BCUT2D eigenvalue weighted by atomic mass is 32.1. The van der Waals surface area contributed by atoms with Gasteiger partial charge in [0, 0.05) is 24.3 Å². The van der Waals surface area contributed by atoms with Crippen LogP contribution in [0.1, 0.15) is 43.6 Å². The van der Waals surface area contributed by atoms with Crippen molar-refractivity contribution < 1.29 is 13.9 Å². The van der Waals surface area contributed by atoms with Gasteiger partial charge in [0.1, 0.15) is 22.3 Å². The molecule has 1 saturated heterocycles. The van der Waals surface area contributed by atoms with E-state index in [1.165, 1.54) is 4.57 Å². The zero-order valence-electron chi connectivity index (χ0n) is 18.8. The number of carbonyl (C=O) groups excluding carboxylic acids is 1. The predicted octanol–water partition coefficient (Wildman–Crippen LogP) is 2.95. The molecule has 1 N–H and O–H groups in total. The normalized spacial score (nSPS) is 22.9.